The number of nitrogens with zero attached hydrogens (tertiary/aromatic N) is 1. The smallest absolute Gasteiger partial charge is 0.369 e. The molecule has 1 saturated heterocycles. The quantitative estimate of drug-likeness (QED) is 0.542. The van der Waals surface area contributed by atoms with Crippen LogP contribution in [0.3, 0.4) is 0 Å². The molecular formula is C25H29F4N3O3. The lowest BCUT2D eigenvalue weighted by Crippen LogP contribution is -2.45. The molecule has 2 amide bonds. The van der Waals surface area contributed by atoms with E-state index in [9.17, 15) is 27.2 Å². The number of benzene rings is 2. The summed E-state index contributed by atoms with van der Waals surface area (Å²) in [5, 5.41) is 5.19. The lowest BCUT2D eigenvalue weighted by Gasteiger charge is -2.29. The Morgan fingerprint density at radius 2 is 1.89 bits per heavy atom. The van der Waals surface area contributed by atoms with Crippen molar-refractivity contribution in [3.05, 3.63) is 64.5 Å². The summed E-state index contributed by atoms with van der Waals surface area (Å²) in [4.78, 5) is 26.0. The molecule has 2 atom stereocenters. The van der Waals surface area contributed by atoms with Crippen LogP contribution in [0.1, 0.15) is 41.5 Å². The van der Waals surface area contributed by atoms with Gasteiger partial charge in [-0.2, -0.15) is 13.2 Å². The van der Waals surface area contributed by atoms with E-state index in [0.29, 0.717) is 25.1 Å². The molecule has 10 heteroatoms. The summed E-state index contributed by atoms with van der Waals surface area (Å²) < 4.78 is 60.7. The molecule has 0 aromatic heterocycles. The molecule has 190 valence electrons. The van der Waals surface area contributed by atoms with Crippen molar-refractivity contribution in [3.8, 4) is 0 Å². The van der Waals surface area contributed by atoms with E-state index < -0.39 is 29.6 Å². The van der Waals surface area contributed by atoms with Crippen molar-refractivity contribution in [3.63, 3.8) is 0 Å². The fourth-order valence-electron chi connectivity index (χ4n) is 4.12. The molecule has 1 aliphatic rings. The standard InChI is InChI=1S/C25H29F4N3O3/c1-4-35-22-10-18(13-30-24(22)34)15-5-6-16(21(26)9-15)11-23(33)31-19-8-7-17(14-32(2)3)20(12-19)25(27,28)29/h5-9,12,18,22H,4,10-11,13-14H2,1-3H3,(H,30,34)(H,31,33). The Morgan fingerprint density at radius 1 is 1.17 bits per heavy atom. The largest absolute Gasteiger partial charge is 0.416 e. The zero-order valence-electron chi connectivity index (χ0n) is 19.8. The second-order valence-electron chi connectivity index (χ2n) is 8.81. The minimum atomic E-state index is -4.58. The first-order valence-electron chi connectivity index (χ1n) is 11.3. The summed E-state index contributed by atoms with van der Waals surface area (Å²) in [5.41, 5.74) is 0.0363. The Balaban J connectivity index is 1.69. The number of anilines is 1. The highest BCUT2D eigenvalue weighted by Gasteiger charge is 2.34. The lowest BCUT2D eigenvalue weighted by atomic mass is 9.89. The molecule has 3 rings (SSSR count). The fraction of sp³-hybridized carbons (Fsp3) is 0.440. The van der Waals surface area contributed by atoms with Crippen LogP contribution in [0.5, 0.6) is 0 Å². The molecule has 2 aromatic rings. The maximum Gasteiger partial charge on any atom is 0.416 e. The lowest BCUT2D eigenvalue weighted by molar-refractivity contribution is -0.138. The van der Waals surface area contributed by atoms with E-state index in [-0.39, 0.29) is 41.6 Å². The number of amides is 2. The van der Waals surface area contributed by atoms with Crippen LogP contribution in [0.25, 0.3) is 0 Å². The van der Waals surface area contributed by atoms with Gasteiger partial charge in [0.2, 0.25) is 11.8 Å². The van der Waals surface area contributed by atoms with Crippen molar-refractivity contribution in [1.82, 2.24) is 10.2 Å². The zero-order valence-corrected chi connectivity index (χ0v) is 19.8. The van der Waals surface area contributed by atoms with Crippen LogP contribution in [0.15, 0.2) is 36.4 Å². The maximum absolute atomic E-state index is 14.8. The number of alkyl halides is 3. The predicted octanol–water partition coefficient (Wildman–Crippen LogP) is 4.10. The molecule has 0 saturated carbocycles. The Hall–Kier alpha value is -2.98. The van der Waals surface area contributed by atoms with Crippen molar-refractivity contribution in [2.75, 3.05) is 32.6 Å². The van der Waals surface area contributed by atoms with Crippen molar-refractivity contribution < 1.29 is 31.9 Å². The highest BCUT2D eigenvalue weighted by Crippen LogP contribution is 2.34. The molecule has 0 radical (unpaired) electrons. The van der Waals surface area contributed by atoms with Crippen molar-refractivity contribution in [2.45, 2.75) is 44.5 Å². The number of nitrogens with one attached hydrogen (secondary N) is 2. The Kier molecular flexibility index (Phi) is 8.50. The predicted molar refractivity (Wildman–Crippen MR) is 123 cm³/mol. The molecule has 1 fully saturated rings. The van der Waals surface area contributed by atoms with E-state index in [1.54, 1.807) is 32.0 Å². The fourth-order valence-corrected chi connectivity index (χ4v) is 4.12. The van der Waals surface area contributed by atoms with E-state index in [0.717, 1.165) is 6.07 Å². The number of ether oxygens (including phenoxy) is 1. The first-order valence-corrected chi connectivity index (χ1v) is 11.3. The third kappa shape index (κ3) is 7.02. The van der Waals surface area contributed by atoms with E-state index in [1.807, 2.05) is 0 Å². The van der Waals surface area contributed by atoms with Gasteiger partial charge in [0.15, 0.2) is 0 Å². The van der Waals surface area contributed by atoms with Gasteiger partial charge in [0.25, 0.3) is 0 Å². The van der Waals surface area contributed by atoms with Gasteiger partial charge in [-0.1, -0.05) is 18.2 Å². The van der Waals surface area contributed by atoms with Crippen LogP contribution < -0.4 is 10.6 Å². The van der Waals surface area contributed by atoms with Gasteiger partial charge < -0.3 is 20.3 Å². The molecule has 2 aromatic carbocycles. The molecular weight excluding hydrogens is 466 g/mol. The van der Waals surface area contributed by atoms with E-state index in [1.165, 1.54) is 24.3 Å². The summed E-state index contributed by atoms with van der Waals surface area (Å²) in [6.45, 7) is 2.62. The molecule has 1 heterocycles. The van der Waals surface area contributed by atoms with Gasteiger partial charge in [0.05, 0.1) is 12.0 Å². The first kappa shape index (κ1) is 26.6. The summed E-state index contributed by atoms with van der Waals surface area (Å²) in [6.07, 6.45) is -5.09. The maximum atomic E-state index is 14.8. The minimum Gasteiger partial charge on any atom is -0.369 e. The molecule has 6 nitrogen and oxygen atoms in total. The van der Waals surface area contributed by atoms with Gasteiger partial charge in [-0.3, -0.25) is 9.59 Å². The van der Waals surface area contributed by atoms with Crippen LogP contribution in [-0.2, 0) is 33.5 Å². The monoisotopic (exact) mass is 495 g/mol. The topological polar surface area (TPSA) is 70.7 Å². The number of hydrogen-bond donors (Lipinski definition) is 2. The number of piperidine rings is 1. The third-order valence-electron chi connectivity index (χ3n) is 5.77. The molecule has 0 aliphatic carbocycles. The van der Waals surface area contributed by atoms with Crippen molar-refractivity contribution >= 4 is 17.5 Å². The van der Waals surface area contributed by atoms with Gasteiger partial charge in [-0.25, -0.2) is 4.39 Å². The van der Waals surface area contributed by atoms with Crippen molar-refractivity contribution in [1.29, 1.82) is 0 Å². The normalized spacial score (nSPS) is 18.5. The van der Waals surface area contributed by atoms with E-state index in [2.05, 4.69) is 10.6 Å². The first-order chi connectivity index (χ1) is 16.5. The second-order valence-corrected chi connectivity index (χ2v) is 8.81. The second kappa shape index (κ2) is 11.2. The highest BCUT2D eigenvalue weighted by atomic mass is 19.4. The zero-order chi connectivity index (χ0) is 25.8. The number of carbonyl (C=O) groups excluding carboxylic acids is 2. The number of carbonyl (C=O) groups is 2. The number of rotatable bonds is 8. The van der Waals surface area contributed by atoms with Gasteiger partial charge in [-0.05, 0) is 62.3 Å². The average molecular weight is 496 g/mol. The van der Waals surface area contributed by atoms with E-state index in [4.69, 9.17) is 4.74 Å². The minimum absolute atomic E-state index is 0.0122. The van der Waals surface area contributed by atoms with Crippen LogP contribution in [0.2, 0.25) is 0 Å². The highest BCUT2D eigenvalue weighted by molar-refractivity contribution is 5.92. The molecule has 35 heavy (non-hydrogen) atoms. The Bertz CT molecular complexity index is 1070. The van der Waals surface area contributed by atoms with Crippen LogP contribution in [0.4, 0.5) is 23.2 Å². The molecule has 0 bridgehead atoms. The van der Waals surface area contributed by atoms with Gasteiger partial charge in [0.1, 0.15) is 11.9 Å². The molecule has 1 aliphatic heterocycles. The molecule has 2 N–H and O–H groups in total. The van der Waals surface area contributed by atoms with Crippen molar-refractivity contribution in [2.24, 2.45) is 0 Å². The number of halogens is 4. The van der Waals surface area contributed by atoms with Crippen LogP contribution in [0, 0.1) is 5.82 Å². The van der Waals surface area contributed by atoms with Gasteiger partial charge in [0, 0.05) is 31.3 Å². The average Bonchev–Trinajstić information content (AvgIpc) is 2.77. The van der Waals surface area contributed by atoms with Gasteiger partial charge in [-0.15, -0.1) is 0 Å². The summed E-state index contributed by atoms with van der Waals surface area (Å²) in [5.74, 6) is -1.56. The summed E-state index contributed by atoms with van der Waals surface area (Å²) in [7, 11) is 3.33. The molecule has 0 spiro atoms. The SMILES string of the molecule is CCOC1CC(c2ccc(CC(=O)Nc3ccc(CN(C)C)c(C(F)(F)F)c3)c(F)c2)CNC1=O. The Labute approximate surface area is 201 Å². The summed E-state index contributed by atoms with van der Waals surface area (Å²) in [6, 6.07) is 8.12. The van der Waals surface area contributed by atoms with Crippen LogP contribution >= 0.6 is 0 Å². The number of hydrogen-bond acceptors (Lipinski definition) is 4. The van der Waals surface area contributed by atoms with Crippen LogP contribution in [-0.4, -0.2) is 50.1 Å². The Morgan fingerprint density at radius 3 is 2.51 bits per heavy atom. The molecule has 2 unspecified atom stereocenters. The van der Waals surface area contributed by atoms with E-state index >= 15 is 0 Å². The van der Waals surface area contributed by atoms with Gasteiger partial charge >= 0.3 is 6.18 Å². The summed E-state index contributed by atoms with van der Waals surface area (Å²) >= 11 is 0. The third-order valence-corrected chi connectivity index (χ3v) is 5.77.